The van der Waals surface area contributed by atoms with Crippen LogP contribution in [0.3, 0.4) is 0 Å². The Hall–Kier alpha value is -0.200. The minimum atomic E-state index is -1.90. The second kappa shape index (κ2) is 6.91. The van der Waals surface area contributed by atoms with Crippen LogP contribution in [0.2, 0.25) is 0 Å². The molecule has 1 N–H and O–H groups in total. The molecule has 0 aromatic carbocycles. The van der Waals surface area contributed by atoms with Crippen molar-refractivity contribution in [2.24, 2.45) is 0 Å². The van der Waals surface area contributed by atoms with Crippen LogP contribution in [-0.2, 0) is 4.57 Å². The highest BCUT2D eigenvalue weighted by Crippen LogP contribution is 2.15. The third-order valence-electron chi connectivity index (χ3n) is 1.26. The van der Waals surface area contributed by atoms with Crippen molar-refractivity contribution in [3.63, 3.8) is 0 Å². The molecule has 0 saturated carbocycles. The molecule has 1 unspecified atom stereocenters. The molecule has 3 heteroatoms. The second-order valence-corrected chi connectivity index (χ2v) is 3.37. The molecule has 0 aromatic rings. The van der Waals surface area contributed by atoms with Crippen LogP contribution in [-0.4, -0.2) is 11.1 Å². The summed E-state index contributed by atoms with van der Waals surface area (Å²) in [5, 5.41) is 0. The molecule has 0 aliphatic heterocycles. The van der Waals surface area contributed by atoms with Gasteiger partial charge in [0.1, 0.15) is 0 Å². The molecule has 0 rings (SSSR count). The molecule has 0 amide bonds. The Balaban J connectivity index is 2.90. The van der Waals surface area contributed by atoms with E-state index < -0.39 is 8.03 Å². The summed E-state index contributed by atoms with van der Waals surface area (Å²) in [5.41, 5.74) is 0. The minimum Gasteiger partial charge on any atom is -0.161 e. The van der Waals surface area contributed by atoms with Crippen molar-refractivity contribution in [2.75, 3.05) is 6.16 Å². The summed E-state index contributed by atoms with van der Waals surface area (Å²) >= 11 is 0. The molecule has 0 spiro atoms. The highest BCUT2D eigenvalue weighted by Gasteiger charge is 2.06. The Kier molecular flexibility index (Phi) is 6.78. The topological polar surface area (TPSA) is 37.3 Å². The summed E-state index contributed by atoms with van der Waals surface area (Å²) in [5.74, 6) is 0. The molecule has 58 valence electrons. The third-order valence-corrected chi connectivity index (χ3v) is 1.96. The van der Waals surface area contributed by atoms with E-state index in [9.17, 15) is 4.57 Å². The second-order valence-electron chi connectivity index (χ2n) is 2.21. The van der Waals surface area contributed by atoms with E-state index in [4.69, 9.17) is 4.89 Å². The van der Waals surface area contributed by atoms with Gasteiger partial charge in [-0.1, -0.05) is 6.08 Å². The first-order chi connectivity index (χ1) is 4.77. The average Bonchev–Trinajstić information content (AvgIpc) is 1.87. The lowest BCUT2D eigenvalue weighted by Crippen LogP contribution is -1.79. The SMILES string of the molecule is C=CCCCCC[P+](=O)O. The Morgan fingerprint density at radius 3 is 2.60 bits per heavy atom. The third kappa shape index (κ3) is 7.80. The van der Waals surface area contributed by atoms with Crippen LogP contribution < -0.4 is 0 Å². The zero-order valence-electron chi connectivity index (χ0n) is 6.12. The molecule has 0 aliphatic carbocycles. The van der Waals surface area contributed by atoms with E-state index in [1.807, 2.05) is 6.08 Å². The molecule has 0 heterocycles. The number of unbranched alkanes of at least 4 members (excludes halogenated alkanes) is 3. The zero-order chi connectivity index (χ0) is 7.82. The Morgan fingerprint density at radius 2 is 2.10 bits per heavy atom. The van der Waals surface area contributed by atoms with Gasteiger partial charge in [0, 0.05) is 0 Å². The van der Waals surface area contributed by atoms with Crippen molar-refractivity contribution in [2.45, 2.75) is 25.7 Å². The monoisotopic (exact) mass is 161 g/mol. The van der Waals surface area contributed by atoms with Crippen molar-refractivity contribution >= 4 is 8.03 Å². The quantitative estimate of drug-likeness (QED) is 0.369. The molecule has 0 aromatic heterocycles. The van der Waals surface area contributed by atoms with Crippen LogP contribution >= 0.6 is 8.03 Å². The largest absolute Gasteiger partial charge is 0.505 e. The van der Waals surface area contributed by atoms with Gasteiger partial charge in [-0.3, -0.25) is 0 Å². The predicted octanol–water partition coefficient (Wildman–Crippen LogP) is 2.47. The lowest BCUT2D eigenvalue weighted by molar-refractivity contribution is 0.499. The molecule has 0 bridgehead atoms. The molecule has 0 radical (unpaired) electrons. The fraction of sp³-hybridized carbons (Fsp3) is 0.714. The fourth-order valence-electron chi connectivity index (χ4n) is 0.713. The van der Waals surface area contributed by atoms with E-state index in [0.717, 1.165) is 25.7 Å². The van der Waals surface area contributed by atoms with E-state index in [1.165, 1.54) is 0 Å². The maximum atomic E-state index is 10.2. The highest BCUT2D eigenvalue weighted by molar-refractivity contribution is 7.37. The molecule has 0 aliphatic rings. The van der Waals surface area contributed by atoms with E-state index in [1.54, 1.807) is 0 Å². The van der Waals surface area contributed by atoms with Gasteiger partial charge >= 0.3 is 8.03 Å². The van der Waals surface area contributed by atoms with E-state index in [2.05, 4.69) is 6.58 Å². The van der Waals surface area contributed by atoms with Gasteiger partial charge < -0.3 is 0 Å². The number of rotatable bonds is 6. The molecular weight excluding hydrogens is 147 g/mol. The van der Waals surface area contributed by atoms with Crippen molar-refractivity contribution < 1.29 is 9.46 Å². The first-order valence-corrected chi connectivity index (χ1v) is 4.91. The highest BCUT2D eigenvalue weighted by atomic mass is 31.1. The lowest BCUT2D eigenvalue weighted by Gasteiger charge is -1.89. The van der Waals surface area contributed by atoms with Crippen LogP contribution in [0.5, 0.6) is 0 Å². The number of allylic oxidation sites excluding steroid dienone is 1. The van der Waals surface area contributed by atoms with Crippen LogP contribution in [0.4, 0.5) is 0 Å². The van der Waals surface area contributed by atoms with Gasteiger partial charge in [-0.2, -0.15) is 4.89 Å². The number of hydrogen-bond acceptors (Lipinski definition) is 1. The van der Waals surface area contributed by atoms with E-state index in [0.29, 0.717) is 6.16 Å². The van der Waals surface area contributed by atoms with Gasteiger partial charge in [0.15, 0.2) is 6.16 Å². The van der Waals surface area contributed by atoms with Crippen molar-refractivity contribution in [1.29, 1.82) is 0 Å². The van der Waals surface area contributed by atoms with Crippen LogP contribution in [0.15, 0.2) is 12.7 Å². The summed E-state index contributed by atoms with van der Waals surface area (Å²) in [6, 6.07) is 0. The molecule has 0 fully saturated rings. The van der Waals surface area contributed by atoms with Gasteiger partial charge in [-0.15, -0.1) is 6.58 Å². The molecule has 2 nitrogen and oxygen atoms in total. The Morgan fingerprint density at radius 1 is 1.40 bits per heavy atom. The molecule has 1 atom stereocenters. The summed E-state index contributed by atoms with van der Waals surface area (Å²) in [4.78, 5) is 8.40. The summed E-state index contributed by atoms with van der Waals surface area (Å²) < 4.78 is 10.2. The van der Waals surface area contributed by atoms with Gasteiger partial charge in [0.2, 0.25) is 0 Å². The lowest BCUT2D eigenvalue weighted by atomic mass is 10.2. The summed E-state index contributed by atoms with van der Waals surface area (Å²) in [6.45, 7) is 3.59. The van der Waals surface area contributed by atoms with Crippen LogP contribution in [0.1, 0.15) is 25.7 Å². The Labute approximate surface area is 62.8 Å². The molecule has 0 saturated heterocycles. The maximum Gasteiger partial charge on any atom is 0.505 e. The smallest absolute Gasteiger partial charge is 0.161 e. The van der Waals surface area contributed by atoms with Crippen molar-refractivity contribution in [3.05, 3.63) is 12.7 Å². The molecular formula is C7H14O2P+. The summed E-state index contributed by atoms with van der Waals surface area (Å²) in [7, 11) is -1.90. The van der Waals surface area contributed by atoms with E-state index >= 15 is 0 Å². The normalized spacial score (nSPS) is 11.1. The van der Waals surface area contributed by atoms with E-state index in [-0.39, 0.29) is 0 Å². The van der Waals surface area contributed by atoms with Crippen molar-refractivity contribution in [1.82, 2.24) is 0 Å². The average molecular weight is 161 g/mol. The van der Waals surface area contributed by atoms with Gasteiger partial charge in [-0.25, -0.2) is 0 Å². The van der Waals surface area contributed by atoms with Crippen LogP contribution in [0, 0.1) is 0 Å². The minimum absolute atomic E-state index is 0.451. The zero-order valence-corrected chi connectivity index (χ0v) is 7.02. The fourth-order valence-corrected chi connectivity index (χ4v) is 1.21. The predicted molar refractivity (Wildman–Crippen MR) is 43.4 cm³/mol. The first-order valence-electron chi connectivity index (χ1n) is 3.52. The van der Waals surface area contributed by atoms with Gasteiger partial charge in [0.25, 0.3) is 0 Å². The number of hydrogen-bond donors (Lipinski definition) is 1. The molecule has 10 heavy (non-hydrogen) atoms. The standard InChI is InChI=1S/C7H13O2P/c1-2-3-4-5-6-7-10(8)9/h2H,1,3-7H2/p+1. The van der Waals surface area contributed by atoms with Gasteiger partial charge in [0.05, 0.1) is 0 Å². The maximum absolute atomic E-state index is 10.2. The van der Waals surface area contributed by atoms with Crippen LogP contribution in [0.25, 0.3) is 0 Å². The van der Waals surface area contributed by atoms with Crippen molar-refractivity contribution in [3.8, 4) is 0 Å². The first kappa shape index (κ1) is 9.80. The summed E-state index contributed by atoms with van der Waals surface area (Å²) in [6.07, 6.45) is 6.33. The Bertz CT molecular complexity index is 112. The van der Waals surface area contributed by atoms with Gasteiger partial charge in [-0.05, 0) is 30.2 Å².